The number of rotatable bonds is 2. The van der Waals surface area contributed by atoms with Gasteiger partial charge in [0, 0.05) is 0 Å². The van der Waals surface area contributed by atoms with Crippen molar-refractivity contribution in [3.05, 3.63) is 40.0 Å². The molecule has 5 nitrogen and oxygen atoms in total. The molecule has 2 rings (SSSR count). The van der Waals surface area contributed by atoms with Gasteiger partial charge in [0.2, 0.25) is 0 Å². The molecule has 0 spiro atoms. The first kappa shape index (κ1) is 10.1. The topological polar surface area (TPSA) is 63.3 Å². The summed E-state index contributed by atoms with van der Waals surface area (Å²) in [5.74, 6) is 0.275. The Morgan fingerprint density at radius 2 is 2.07 bits per heavy atom. The molecule has 76 valence electrons. The smallest absolute Gasteiger partial charge is 0.141 e. The Bertz CT molecular complexity index is 481. The molecule has 1 heterocycles. The zero-order chi connectivity index (χ0) is 10.7. The molecule has 0 radical (unpaired) electrons. The lowest BCUT2D eigenvalue weighted by molar-refractivity contribution is 0.471. The van der Waals surface area contributed by atoms with Gasteiger partial charge in [0.25, 0.3) is 0 Å². The Morgan fingerprint density at radius 1 is 1.33 bits per heavy atom. The van der Waals surface area contributed by atoms with E-state index in [0.29, 0.717) is 0 Å². The number of hydrogen-bond donors (Lipinski definition) is 1. The van der Waals surface area contributed by atoms with Gasteiger partial charge in [-0.1, -0.05) is 0 Å². The van der Waals surface area contributed by atoms with Crippen LogP contribution in [-0.4, -0.2) is 26.2 Å². The number of aromatic nitrogens is 3. The van der Waals surface area contributed by atoms with Crippen molar-refractivity contribution in [1.29, 1.82) is 0 Å². The van der Waals surface area contributed by atoms with Crippen molar-refractivity contribution in [1.82, 2.24) is 14.9 Å². The third kappa shape index (κ3) is 2.52. The van der Waals surface area contributed by atoms with Gasteiger partial charge in [0.05, 0.1) is 9.78 Å². The van der Waals surface area contributed by atoms with Gasteiger partial charge in [0.15, 0.2) is 0 Å². The van der Waals surface area contributed by atoms with E-state index in [-0.39, 0.29) is 5.75 Å². The summed E-state index contributed by atoms with van der Waals surface area (Å²) >= 11 is 2.06. The Kier molecular flexibility index (Phi) is 2.95. The molecular weight excluding hydrogens is 307 g/mol. The fourth-order valence-corrected chi connectivity index (χ4v) is 1.53. The van der Waals surface area contributed by atoms with Gasteiger partial charge in [-0.2, -0.15) is 5.10 Å². The van der Waals surface area contributed by atoms with Crippen molar-refractivity contribution < 1.29 is 5.11 Å². The highest BCUT2D eigenvalue weighted by Gasteiger charge is 1.96. The molecule has 1 N–H and O–H groups in total. The predicted molar refractivity (Wildman–Crippen MR) is 63.8 cm³/mol. The average molecular weight is 314 g/mol. The zero-order valence-electron chi connectivity index (χ0n) is 7.58. The molecule has 0 fully saturated rings. The van der Waals surface area contributed by atoms with Crippen LogP contribution in [-0.2, 0) is 0 Å². The molecule has 0 saturated carbocycles. The second kappa shape index (κ2) is 4.39. The predicted octanol–water partition coefficient (Wildman–Crippen LogP) is 1.47. The first-order chi connectivity index (χ1) is 7.25. The number of hydrogen-bond acceptors (Lipinski definition) is 4. The van der Waals surface area contributed by atoms with Gasteiger partial charge in [-0.15, -0.1) is 10.2 Å². The maximum Gasteiger partial charge on any atom is 0.141 e. The van der Waals surface area contributed by atoms with Crippen molar-refractivity contribution in [3.63, 3.8) is 0 Å². The van der Waals surface area contributed by atoms with Crippen LogP contribution in [0.1, 0.15) is 5.56 Å². The van der Waals surface area contributed by atoms with Gasteiger partial charge in [-0.25, -0.2) is 4.68 Å². The zero-order valence-corrected chi connectivity index (χ0v) is 9.74. The van der Waals surface area contributed by atoms with Gasteiger partial charge < -0.3 is 5.11 Å². The Hall–Kier alpha value is -1.44. The van der Waals surface area contributed by atoms with Crippen molar-refractivity contribution in [2.75, 3.05) is 0 Å². The van der Waals surface area contributed by atoms with Crippen molar-refractivity contribution >= 4 is 28.8 Å². The third-order valence-corrected chi connectivity index (χ3v) is 2.58. The summed E-state index contributed by atoms with van der Waals surface area (Å²) in [6.07, 6.45) is 4.68. The first-order valence-electron chi connectivity index (χ1n) is 4.13. The molecule has 1 aromatic carbocycles. The van der Waals surface area contributed by atoms with E-state index in [1.165, 1.54) is 17.3 Å². The van der Waals surface area contributed by atoms with Crippen molar-refractivity contribution in [3.8, 4) is 5.75 Å². The van der Waals surface area contributed by atoms with Crippen LogP contribution in [0.25, 0.3) is 0 Å². The maximum absolute atomic E-state index is 9.32. The Morgan fingerprint density at radius 3 is 2.73 bits per heavy atom. The summed E-state index contributed by atoms with van der Waals surface area (Å²) in [7, 11) is 0. The van der Waals surface area contributed by atoms with Crippen LogP contribution in [0.15, 0.2) is 36.0 Å². The summed E-state index contributed by atoms with van der Waals surface area (Å²) in [6, 6.07) is 5.25. The van der Waals surface area contributed by atoms with Crippen LogP contribution < -0.4 is 0 Å². The van der Waals surface area contributed by atoms with E-state index >= 15 is 0 Å². The van der Waals surface area contributed by atoms with Gasteiger partial charge in [0.1, 0.15) is 18.4 Å². The van der Waals surface area contributed by atoms with E-state index in [0.717, 1.165) is 9.13 Å². The fraction of sp³-hybridized carbons (Fsp3) is 0. The summed E-state index contributed by atoms with van der Waals surface area (Å²) in [6.45, 7) is 0. The number of phenols is 1. The molecule has 0 amide bonds. The molecule has 0 atom stereocenters. The van der Waals surface area contributed by atoms with E-state index in [2.05, 4.69) is 37.9 Å². The molecule has 15 heavy (non-hydrogen) atoms. The van der Waals surface area contributed by atoms with Crippen LogP contribution in [0.5, 0.6) is 5.75 Å². The van der Waals surface area contributed by atoms with Gasteiger partial charge in [-0.3, -0.25) is 0 Å². The second-order valence-corrected chi connectivity index (χ2v) is 3.96. The second-order valence-electron chi connectivity index (χ2n) is 2.80. The summed E-state index contributed by atoms with van der Waals surface area (Å²) < 4.78 is 2.29. The number of halogens is 1. The molecule has 0 aliphatic rings. The molecule has 0 aliphatic heterocycles. The molecule has 0 saturated heterocycles. The number of phenolic OH excluding ortho intramolecular Hbond substituents is 1. The lowest BCUT2D eigenvalue weighted by atomic mass is 10.2. The number of nitrogens with zero attached hydrogens (tertiary/aromatic N) is 4. The molecule has 6 heteroatoms. The largest absolute Gasteiger partial charge is 0.507 e. The highest BCUT2D eigenvalue weighted by atomic mass is 127. The number of aromatic hydroxyl groups is 1. The lowest BCUT2D eigenvalue weighted by Crippen LogP contribution is -1.88. The van der Waals surface area contributed by atoms with Gasteiger partial charge in [-0.05, 0) is 46.4 Å². The monoisotopic (exact) mass is 314 g/mol. The molecule has 0 bridgehead atoms. The molecule has 0 aliphatic carbocycles. The highest BCUT2D eigenvalue weighted by molar-refractivity contribution is 14.1. The van der Waals surface area contributed by atoms with Crippen LogP contribution >= 0.6 is 22.6 Å². The van der Waals surface area contributed by atoms with Crippen LogP contribution in [0.4, 0.5) is 0 Å². The highest BCUT2D eigenvalue weighted by Crippen LogP contribution is 2.19. The summed E-state index contributed by atoms with van der Waals surface area (Å²) in [4.78, 5) is 0. The molecule has 2 aromatic rings. The van der Waals surface area contributed by atoms with E-state index in [4.69, 9.17) is 0 Å². The number of benzene rings is 1. The molecule has 1 aromatic heterocycles. The molecule has 0 unspecified atom stereocenters. The minimum Gasteiger partial charge on any atom is -0.507 e. The van der Waals surface area contributed by atoms with Crippen molar-refractivity contribution in [2.45, 2.75) is 0 Å². The quantitative estimate of drug-likeness (QED) is 0.674. The fourth-order valence-electron chi connectivity index (χ4n) is 0.992. The van der Waals surface area contributed by atoms with Crippen molar-refractivity contribution in [2.24, 2.45) is 5.10 Å². The normalized spacial score (nSPS) is 11.0. The Labute approximate surface area is 99.6 Å². The minimum atomic E-state index is 0.275. The van der Waals surface area contributed by atoms with Gasteiger partial charge >= 0.3 is 0 Å². The average Bonchev–Trinajstić information content (AvgIpc) is 2.73. The van der Waals surface area contributed by atoms with E-state index in [9.17, 15) is 5.11 Å². The Balaban J connectivity index is 2.21. The summed E-state index contributed by atoms with van der Waals surface area (Å²) in [5.41, 5.74) is 0.908. The molecular formula is C9H7IN4O. The van der Waals surface area contributed by atoms with Crippen LogP contribution in [0, 0.1) is 3.57 Å². The van der Waals surface area contributed by atoms with E-state index < -0.39 is 0 Å². The standard InChI is InChI=1S/C9H7IN4O/c10-8-3-7(1-2-9(8)15)4-13-14-5-11-12-6-14/h1-6,15H/b13-4-. The van der Waals surface area contributed by atoms with Crippen LogP contribution in [0.2, 0.25) is 0 Å². The minimum absolute atomic E-state index is 0.275. The van der Waals surface area contributed by atoms with E-state index in [1.54, 1.807) is 18.3 Å². The lowest BCUT2D eigenvalue weighted by Gasteiger charge is -1.97. The van der Waals surface area contributed by atoms with Crippen LogP contribution in [0.3, 0.4) is 0 Å². The first-order valence-corrected chi connectivity index (χ1v) is 5.21. The summed E-state index contributed by atoms with van der Waals surface area (Å²) in [5, 5.41) is 20.7. The maximum atomic E-state index is 9.32. The SMILES string of the molecule is Oc1ccc(/C=N\n2cnnc2)cc1I. The third-order valence-electron chi connectivity index (χ3n) is 1.72. The van der Waals surface area contributed by atoms with E-state index in [1.807, 2.05) is 6.07 Å².